The van der Waals surface area contributed by atoms with Crippen LogP contribution in [0.1, 0.15) is 36.2 Å². The van der Waals surface area contributed by atoms with Gasteiger partial charge in [0.2, 0.25) is 5.88 Å². The lowest BCUT2D eigenvalue weighted by Crippen LogP contribution is -2.39. The van der Waals surface area contributed by atoms with Gasteiger partial charge < -0.3 is 19.1 Å². The minimum Gasteiger partial charge on any atom is -0.378 e. The molecule has 0 saturated carbocycles. The number of hydrogen-bond acceptors (Lipinski definition) is 5. The summed E-state index contributed by atoms with van der Waals surface area (Å²) in [5.41, 5.74) is 2.84. The van der Waals surface area contributed by atoms with Crippen molar-refractivity contribution in [2.75, 3.05) is 31.2 Å². The molecular formula is C25H28FN3O3. The molecule has 0 spiro atoms. The number of halogens is 1. The quantitative estimate of drug-likeness (QED) is 0.534. The maximum Gasteiger partial charge on any atom is 0.254 e. The van der Waals surface area contributed by atoms with Crippen LogP contribution < -0.4 is 4.90 Å². The molecule has 3 aromatic rings. The Morgan fingerprint density at radius 1 is 1.12 bits per heavy atom. The molecule has 1 amide bonds. The predicted octanol–water partition coefficient (Wildman–Crippen LogP) is 4.76. The first kappa shape index (κ1) is 22.0. The molecule has 168 valence electrons. The Morgan fingerprint density at radius 2 is 1.81 bits per heavy atom. The molecule has 1 atom stereocenters. The van der Waals surface area contributed by atoms with Gasteiger partial charge in [-0.15, -0.1) is 0 Å². The number of rotatable bonds is 7. The van der Waals surface area contributed by atoms with E-state index in [1.807, 2.05) is 42.2 Å². The fourth-order valence-electron chi connectivity index (χ4n) is 3.86. The third kappa shape index (κ3) is 4.67. The monoisotopic (exact) mass is 437 g/mol. The van der Waals surface area contributed by atoms with Crippen molar-refractivity contribution < 1.29 is 18.4 Å². The molecule has 0 unspecified atom stereocenters. The second kappa shape index (κ2) is 9.96. The second-order valence-electron chi connectivity index (χ2n) is 7.98. The number of anilines is 1. The van der Waals surface area contributed by atoms with Crippen LogP contribution in [0.5, 0.6) is 0 Å². The summed E-state index contributed by atoms with van der Waals surface area (Å²) in [5.74, 6) is 0.286. The maximum atomic E-state index is 13.5. The van der Waals surface area contributed by atoms with Crippen molar-refractivity contribution in [2.45, 2.75) is 32.9 Å². The standard InChI is InChI=1S/C25H28FN3O3/c1-3-18(2)29(24(30)20-7-5-4-6-8-20)17-22-23(19-9-11-21(26)12-10-19)27-32-25(22)28-13-15-31-16-14-28/h4-12,18H,3,13-17H2,1-2H3/t18-/m1/s1. The van der Waals surface area contributed by atoms with Gasteiger partial charge in [0.1, 0.15) is 11.5 Å². The maximum absolute atomic E-state index is 13.5. The lowest BCUT2D eigenvalue weighted by atomic mass is 10.0. The Bertz CT molecular complexity index is 1030. The van der Waals surface area contributed by atoms with Gasteiger partial charge in [-0.25, -0.2) is 4.39 Å². The van der Waals surface area contributed by atoms with Gasteiger partial charge in [0.05, 0.1) is 25.3 Å². The number of hydrogen-bond donors (Lipinski definition) is 0. The van der Waals surface area contributed by atoms with E-state index in [4.69, 9.17) is 9.26 Å². The van der Waals surface area contributed by atoms with Crippen LogP contribution in [0.15, 0.2) is 59.1 Å². The summed E-state index contributed by atoms with van der Waals surface area (Å²) in [6, 6.07) is 15.5. The number of carbonyl (C=O) groups excluding carboxylic acids is 1. The van der Waals surface area contributed by atoms with E-state index in [9.17, 15) is 9.18 Å². The predicted molar refractivity (Wildman–Crippen MR) is 121 cm³/mol. The molecule has 2 aromatic carbocycles. The normalized spacial score (nSPS) is 14.9. The molecule has 1 aliphatic heterocycles. The van der Waals surface area contributed by atoms with Crippen LogP contribution in [0.2, 0.25) is 0 Å². The summed E-state index contributed by atoms with van der Waals surface area (Å²) in [4.78, 5) is 17.4. The second-order valence-corrected chi connectivity index (χ2v) is 7.98. The smallest absolute Gasteiger partial charge is 0.254 e. The van der Waals surface area contributed by atoms with Crippen LogP contribution in [0.3, 0.4) is 0 Å². The highest BCUT2D eigenvalue weighted by Crippen LogP contribution is 2.34. The van der Waals surface area contributed by atoms with Gasteiger partial charge in [-0.2, -0.15) is 0 Å². The molecule has 2 heterocycles. The van der Waals surface area contributed by atoms with Crippen LogP contribution in [0.25, 0.3) is 11.3 Å². The van der Waals surface area contributed by atoms with Gasteiger partial charge >= 0.3 is 0 Å². The molecule has 0 bridgehead atoms. The summed E-state index contributed by atoms with van der Waals surface area (Å²) < 4.78 is 24.8. The molecule has 6 nitrogen and oxygen atoms in total. The Hall–Kier alpha value is -3.19. The van der Waals surface area contributed by atoms with Crippen molar-refractivity contribution in [3.05, 3.63) is 71.5 Å². The van der Waals surface area contributed by atoms with E-state index in [0.29, 0.717) is 50.0 Å². The minimum atomic E-state index is -0.312. The first-order valence-electron chi connectivity index (χ1n) is 11.0. The third-order valence-electron chi connectivity index (χ3n) is 5.92. The number of nitrogens with zero attached hydrogens (tertiary/aromatic N) is 3. The van der Waals surface area contributed by atoms with Gasteiger partial charge in [-0.05, 0) is 49.7 Å². The molecule has 0 radical (unpaired) electrons. The van der Waals surface area contributed by atoms with Crippen molar-refractivity contribution in [2.24, 2.45) is 0 Å². The zero-order chi connectivity index (χ0) is 22.5. The fourth-order valence-corrected chi connectivity index (χ4v) is 3.86. The van der Waals surface area contributed by atoms with Crippen molar-refractivity contribution in [3.63, 3.8) is 0 Å². The number of benzene rings is 2. The third-order valence-corrected chi connectivity index (χ3v) is 5.92. The van der Waals surface area contributed by atoms with Crippen LogP contribution in [0.4, 0.5) is 10.3 Å². The Morgan fingerprint density at radius 3 is 2.47 bits per heavy atom. The molecule has 1 aliphatic rings. The highest BCUT2D eigenvalue weighted by Gasteiger charge is 2.29. The molecule has 4 rings (SSSR count). The topological polar surface area (TPSA) is 58.8 Å². The number of morpholine rings is 1. The van der Waals surface area contributed by atoms with Crippen molar-refractivity contribution in [1.82, 2.24) is 10.1 Å². The highest BCUT2D eigenvalue weighted by molar-refractivity contribution is 5.94. The van der Waals surface area contributed by atoms with E-state index < -0.39 is 0 Å². The fraction of sp³-hybridized carbons (Fsp3) is 0.360. The van der Waals surface area contributed by atoms with Crippen LogP contribution in [0, 0.1) is 5.82 Å². The lowest BCUT2D eigenvalue weighted by molar-refractivity contribution is 0.0671. The molecular weight excluding hydrogens is 409 g/mol. The largest absolute Gasteiger partial charge is 0.378 e. The molecule has 0 N–H and O–H groups in total. The summed E-state index contributed by atoms with van der Waals surface area (Å²) in [6.45, 7) is 7.01. The summed E-state index contributed by atoms with van der Waals surface area (Å²) in [6.07, 6.45) is 0.808. The SMILES string of the molecule is CC[C@@H](C)N(Cc1c(-c2ccc(F)cc2)noc1N1CCOCC1)C(=O)c1ccccc1. The van der Waals surface area contributed by atoms with E-state index >= 15 is 0 Å². The van der Waals surface area contributed by atoms with Gasteiger partial charge in [0.25, 0.3) is 5.91 Å². The van der Waals surface area contributed by atoms with Gasteiger partial charge in [-0.3, -0.25) is 4.79 Å². The molecule has 1 saturated heterocycles. The summed E-state index contributed by atoms with van der Waals surface area (Å²) in [7, 11) is 0. The number of aromatic nitrogens is 1. The number of ether oxygens (including phenoxy) is 1. The van der Waals surface area contributed by atoms with Crippen LogP contribution in [-0.2, 0) is 11.3 Å². The average molecular weight is 438 g/mol. The lowest BCUT2D eigenvalue weighted by Gasteiger charge is -2.31. The molecule has 0 aliphatic carbocycles. The van der Waals surface area contributed by atoms with Crippen LogP contribution >= 0.6 is 0 Å². The first-order chi connectivity index (χ1) is 15.6. The first-order valence-corrected chi connectivity index (χ1v) is 11.0. The zero-order valence-electron chi connectivity index (χ0n) is 18.5. The van der Waals surface area contributed by atoms with E-state index in [-0.39, 0.29) is 17.8 Å². The molecule has 7 heteroatoms. The Kier molecular flexibility index (Phi) is 6.85. The van der Waals surface area contributed by atoms with Gasteiger partial charge in [0, 0.05) is 30.3 Å². The van der Waals surface area contributed by atoms with E-state index in [1.165, 1.54) is 12.1 Å². The van der Waals surface area contributed by atoms with Gasteiger partial charge in [0.15, 0.2) is 0 Å². The van der Waals surface area contributed by atoms with E-state index in [2.05, 4.69) is 17.0 Å². The Balaban J connectivity index is 1.75. The minimum absolute atomic E-state index is 0.0104. The average Bonchev–Trinajstić information content (AvgIpc) is 3.26. The Labute approximate surface area is 187 Å². The molecule has 1 aromatic heterocycles. The number of amides is 1. The molecule has 1 fully saturated rings. The van der Waals surface area contributed by atoms with Gasteiger partial charge in [-0.1, -0.05) is 30.3 Å². The highest BCUT2D eigenvalue weighted by atomic mass is 19.1. The van der Waals surface area contributed by atoms with Crippen LogP contribution in [-0.4, -0.2) is 48.3 Å². The van der Waals surface area contributed by atoms with Crippen molar-refractivity contribution in [1.29, 1.82) is 0 Å². The van der Waals surface area contributed by atoms with Crippen molar-refractivity contribution in [3.8, 4) is 11.3 Å². The summed E-state index contributed by atoms with van der Waals surface area (Å²) in [5, 5.41) is 4.34. The zero-order valence-corrected chi connectivity index (χ0v) is 18.5. The van der Waals surface area contributed by atoms with Crippen molar-refractivity contribution >= 4 is 11.8 Å². The molecule has 32 heavy (non-hydrogen) atoms. The van der Waals surface area contributed by atoms with E-state index in [0.717, 1.165) is 17.5 Å². The number of carbonyl (C=O) groups is 1. The van der Waals surface area contributed by atoms with E-state index in [1.54, 1.807) is 12.1 Å². The summed E-state index contributed by atoms with van der Waals surface area (Å²) >= 11 is 0.